The Morgan fingerprint density at radius 1 is 1.13 bits per heavy atom. The fraction of sp³-hybridized carbons (Fsp3) is 0.600. The standard InChI is InChI=1S/C25H34N4O2/c1-2-29-23(10-14-26-29)24(30)27-15-12-25(13-16-27)18-22(11-17-31-25)28(21-8-9-21)19-20-6-4-3-5-7-20/h3-7,10,14,21-22H,2,8-9,11-13,15-19H2,1H3. The van der Waals surface area contributed by atoms with E-state index in [4.69, 9.17) is 4.74 Å². The second kappa shape index (κ2) is 8.75. The van der Waals surface area contributed by atoms with Crippen LogP contribution >= 0.6 is 0 Å². The lowest BCUT2D eigenvalue weighted by molar-refractivity contribution is -0.131. The van der Waals surface area contributed by atoms with E-state index >= 15 is 0 Å². The number of aryl methyl sites for hydroxylation is 1. The third-order valence-electron chi connectivity index (χ3n) is 7.36. The number of nitrogens with zero attached hydrogens (tertiary/aromatic N) is 4. The average molecular weight is 423 g/mol. The van der Waals surface area contributed by atoms with Crippen molar-refractivity contribution in [1.82, 2.24) is 19.6 Å². The smallest absolute Gasteiger partial charge is 0.272 e. The number of hydrogen-bond acceptors (Lipinski definition) is 4. The molecule has 31 heavy (non-hydrogen) atoms. The molecule has 3 aliphatic rings. The number of ether oxygens (including phenoxy) is 1. The van der Waals surface area contributed by atoms with Gasteiger partial charge in [-0.1, -0.05) is 30.3 Å². The van der Waals surface area contributed by atoms with Gasteiger partial charge in [0.2, 0.25) is 0 Å². The molecular formula is C25H34N4O2. The molecule has 2 aliphatic heterocycles. The number of aromatic nitrogens is 2. The summed E-state index contributed by atoms with van der Waals surface area (Å²) in [5, 5.41) is 4.26. The minimum atomic E-state index is -0.0749. The predicted octanol–water partition coefficient (Wildman–Crippen LogP) is 3.72. The van der Waals surface area contributed by atoms with Gasteiger partial charge in [-0.15, -0.1) is 0 Å². The average Bonchev–Trinajstić information content (AvgIpc) is 3.54. The highest BCUT2D eigenvalue weighted by Crippen LogP contribution is 2.40. The Morgan fingerprint density at radius 2 is 1.90 bits per heavy atom. The first-order chi connectivity index (χ1) is 15.2. The van der Waals surface area contributed by atoms with Crippen molar-refractivity contribution in [2.24, 2.45) is 0 Å². The van der Waals surface area contributed by atoms with Crippen molar-refractivity contribution in [3.8, 4) is 0 Å². The maximum Gasteiger partial charge on any atom is 0.272 e. The van der Waals surface area contributed by atoms with Crippen LogP contribution < -0.4 is 0 Å². The zero-order chi connectivity index (χ0) is 21.3. The second-order valence-corrected chi connectivity index (χ2v) is 9.39. The van der Waals surface area contributed by atoms with Crippen LogP contribution in [0.25, 0.3) is 0 Å². The zero-order valence-electron chi connectivity index (χ0n) is 18.6. The van der Waals surface area contributed by atoms with E-state index < -0.39 is 0 Å². The highest BCUT2D eigenvalue weighted by atomic mass is 16.5. The molecule has 1 aromatic heterocycles. The molecular weight excluding hydrogens is 388 g/mol. The summed E-state index contributed by atoms with van der Waals surface area (Å²) in [4.78, 5) is 17.7. The van der Waals surface area contributed by atoms with Crippen molar-refractivity contribution in [2.75, 3.05) is 19.7 Å². The van der Waals surface area contributed by atoms with Crippen molar-refractivity contribution >= 4 is 5.91 Å². The van der Waals surface area contributed by atoms with Gasteiger partial charge >= 0.3 is 0 Å². The van der Waals surface area contributed by atoms with E-state index in [0.29, 0.717) is 11.7 Å². The molecule has 1 atom stereocenters. The Kier molecular flexibility index (Phi) is 5.85. The van der Waals surface area contributed by atoms with Crippen LogP contribution in [-0.4, -0.2) is 62.9 Å². The van der Waals surface area contributed by atoms with Gasteiger partial charge in [-0.2, -0.15) is 5.10 Å². The molecule has 1 aliphatic carbocycles. The number of carbonyl (C=O) groups is 1. The van der Waals surface area contributed by atoms with Crippen LogP contribution in [0.2, 0.25) is 0 Å². The molecule has 2 saturated heterocycles. The van der Waals surface area contributed by atoms with Gasteiger partial charge in [-0.25, -0.2) is 0 Å². The summed E-state index contributed by atoms with van der Waals surface area (Å²) in [5.41, 5.74) is 2.03. The number of benzene rings is 1. The Hall–Kier alpha value is -2.18. The minimum absolute atomic E-state index is 0.0749. The molecule has 1 saturated carbocycles. The number of amides is 1. The molecule has 0 N–H and O–H groups in total. The summed E-state index contributed by atoms with van der Waals surface area (Å²) in [7, 11) is 0. The third-order valence-corrected chi connectivity index (χ3v) is 7.36. The fourth-order valence-corrected chi connectivity index (χ4v) is 5.44. The van der Waals surface area contributed by atoms with E-state index in [1.165, 1.54) is 18.4 Å². The lowest BCUT2D eigenvalue weighted by Gasteiger charge is -2.48. The fourth-order valence-electron chi connectivity index (χ4n) is 5.44. The summed E-state index contributed by atoms with van der Waals surface area (Å²) in [6.45, 7) is 6.14. The molecule has 166 valence electrons. The highest BCUT2D eigenvalue weighted by Gasteiger charge is 2.45. The van der Waals surface area contributed by atoms with Gasteiger partial charge in [0.15, 0.2) is 0 Å². The van der Waals surface area contributed by atoms with Crippen LogP contribution in [0, 0.1) is 0 Å². The molecule has 5 rings (SSSR count). The highest BCUT2D eigenvalue weighted by molar-refractivity contribution is 5.92. The Balaban J connectivity index is 1.23. The van der Waals surface area contributed by atoms with Gasteiger partial charge < -0.3 is 9.64 Å². The van der Waals surface area contributed by atoms with Crippen LogP contribution in [0.15, 0.2) is 42.6 Å². The van der Waals surface area contributed by atoms with E-state index in [0.717, 1.165) is 64.5 Å². The topological polar surface area (TPSA) is 50.6 Å². The molecule has 6 heteroatoms. The van der Waals surface area contributed by atoms with Crippen molar-refractivity contribution in [2.45, 2.75) is 76.2 Å². The summed E-state index contributed by atoms with van der Waals surface area (Å²) in [5.74, 6) is 0.102. The van der Waals surface area contributed by atoms with Gasteiger partial charge in [0.1, 0.15) is 5.69 Å². The van der Waals surface area contributed by atoms with Crippen molar-refractivity contribution in [3.63, 3.8) is 0 Å². The molecule has 0 radical (unpaired) electrons. The Labute approximate surface area is 185 Å². The summed E-state index contributed by atoms with van der Waals surface area (Å²) >= 11 is 0. The first kappa shape index (κ1) is 20.7. The van der Waals surface area contributed by atoms with E-state index in [9.17, 15) is 4.79 Å². The van der Waals surface area contributed by atoms with Crippen LogP contribution in [0.4, 0.5) is 0 Å². The maximum absolute atomic E-state index is 13.0. The molecule has 3 heterocycles. The van der Waals surface area contributed by atoms with Gasteiger partial charge in [0.25, 0.3) is 5.91 Å². The van der Waals surface area contributed by atoms with Crippen LogP contribution in [-0.2, 0) is 17.8 Å². The van der Waals surface area contributed by atoms with Crippen LogP contribution in [0.5, 0.6) is 0 Å². The predicted molar refractivity (Wildman–Crippen MR) is 120 cm³/mol. The van der Waals surface area contributed by atoms with Crippen molar-refractivity contribution < 1.29 is 9.53 Å². The third kappa shape index (κ3) is 4.41. The number of hydrogen-bond donors (Lipinski definition) is 0. The molecule has 1 aromatic carbocycles. The maximum atomic E-state index is 13.0. The molecule has 1 unspecified atom stereocenters. The lowest BCUT2D eigenvalue weighted by atomic mass is 9.81. The molecule has 3 fully saturated rings. The summed E-state index contributed by atoms with van der Waals surface area (Å²) in [6.07, 6.45) is 8.43. The normalized spacial score (nSPS) is 23.4. The largest absolute Gasteiger partial charge is 0.375 e. The molecule has 1 amide bonds. The number of carbonyl (C=O) groups excluding carboxylic acids is 1. The zero-order valence-corrected chi connectivity index (χ0v) is 18.6. The Bertz CT molecular complexity index is 884. The Morgan fingerprint density at radius 3 is 2.61 bits per heavy atom. The monoisotopic (exact) mass is 422 g/mol. The van der Waals surface area contributed by atoms with Crippen molar-refractivity contribution in [1.29, 1.82) is 0 Å². The van der Waals surface area contributed by atoms with Crippen LogP contribution in [0.3, 0.4) is 0 Å². The summed E-state index contributed by atoms with van der Waals surface area (Å²) < 4.78 is 8.21. The van der Waals surface area contributed by atoms with Gasteiger partial charge in [0.05, 0.1) is 5.60 Å². The number of piperidine rings is 1. The van der Waals surface area contributed by atoms with E-state index in [-0.39, 0.29) is 11.5 Å². The van der Waals surface area contributed by atoms with Gasteiger partial charge in [-0.05, 0) is 57.1 Å². The molecule has 2 aromatic rings. The van der Waals surface area contributed by atoms with E-state index in [1.54, 1.807) is 10.9 Å². The first-order valence-corrected chi connectivity index (χ1v) is 11.9. The van der Waals surface area contributed by atoms with Crippen LogP contribution in [0.1, 0.15) is 61.5 Å². The lowest BCUT2D eigenvalue weighted by Crippen LogP contribution is -2.54. The molecule has 6 nitrogen and oxygen atoms in total. The first-order valence-electron chi connectivity index (χ1n) is 11.9. The van der Waals surface area contributed by atoms with E-state index in [1.807, 2.05) is 17.9 Å². The van der Waals surface area contributed by atoms with Crippen molar-refractivity contribution in [3.05, 3.63) is 53.9 Å². The minimum Gasteiger partial charge on any atom is -0.375 e. The van der Waals surface area contributed by atoms with Gasteiger partial charge in [-0.3, -0.25) is 14.4 Å². The molecule has 0 bridgehead atoms. The number of rotatable bonds is 6. The number of likely N-dealkylation sites (tertiary alicyclic amines) is 1. The quantitative estimate of drug-likeness (QED) is 0.712. The SMILES string of the molecule is CCn1nccc1C(=O)N1CCC2(CC1)CC(N(Cc1ccccc1)C1CC1)CCO2. The summed E-state index contributed by atoms with van der Waals surface area (Å²) in [6, 6.07) is 14.0. The van der Waals surface area contributed by atoms with E-state index in [2.05, 4.69) is 40.3 Å². The van der Waals surface area contributed by atoms with Gasteiger partial charge in [0, 0.05) is 51.1 Å². The second-order valence-electron chi connectivity index (χ2n) is 9.39. The molecule has 1 spiro atoms.